The number of rotatable bonds is 6. The number of hydrogen-bond donors (Lipinski definition) is 0. The van der Waals surface area contributed by atoms with Gasteiger partial charge >= 0.3 is 0 Å². The highest BCUT2D eigenvalue weighted by Crippen LogP contribution is 2.33. The molecule has 2 fully saturated rings. The van der Waals surface area contributed by atoms with Crippen LogP contribution in [0.25, 0.3) is 0 Å². The second-order valence-corrected chi connectivity index (χ2v) is 6.67. The van der Waals surface area contributed by atoms with E-state index >= 15 is 0 Å². The quantitative estimate of drug-likeness (QED) is 0.559. The van der Waals surface area contributed by atoms with Gasteiger partial charge in [0.1, 0.15) is 0 Å². The molecule has 0 spiro atoms. The Morgan fingerprint density at radius 3 is 2.62 bits per heavy atom. The molecule has 2 rings (SSSR count). The van der Waals surface area contributed by atoms with E-state index in [1.807, 2.05) is 24.8 Å². The summed E-state index contributed by atoms with van der Waals surface area (Å²) < 4.78 is 11.6. The summed E-state index contributed by atoms with van der Waals surface area (Å²) in [4.78, 5) is 14.7. The van der Waals surface area contributed by atoms with Gasteiger partial charge < -0.3 is 14.4 Å². The number of carbonyl (C=O) groups is 1. The maximum Gasteiger partial charge on any atom is 0.226 e. The molecule has 2 aliphatic heterocycles. The molecule has 0 aromatic heterocycles. The van der Waals surface area contributed by atoms with Crippen molar-refractivity contribution in [3.63, 3.8) is 0 Å². The molecule has 2 saturated heterocycles. The Labute approximate surface area is 132 Å². The number of ether oxygens (including phenoxy) is 2. The predicted octanol–water partition coefficient (Wildman–Crippen LogP) is 2.81. The monoisotopic (exact) mass is 315 g/mol. The minimum absolute atomic E-state index is 0.0568. The van der Waals surface area contributed by atoms with E-state index in [2.05, 4.69) is 6.58 Å². The molecule has 5 heteroatoms. The summed E-state index contributed by atoms with van der Waals surface area (Å²) in [6, 6.07) is 0. The standard InChI is InChI=1S/C16H26ClNO3/c1-4-12(14-11-20-16(2,3)21-14)13(7-8-17)15(19)18-9-5-6-10-18/h4,12-14H,1,5-11H2,2-3H3/t12-,13+,14-/m1/s1. The van der Waals surface area contributed by atoms with Gasteiger partial charge in [-0.15, -0.1) is 18.2 Å². The van der Waals surface area contributed by atoms with Crippen LogP contribution in [0, 0.1) is 11.8 Å². The summed E-state index contributed by atoms with van der Waals surface area (Å²) in [5.74, 6) is -0.162. The molecule has 0 N–H and O–H groups in total. The summed E-state index contributed by atoms with van der Waals surface area (Å²) >= 11 is 5.93. The summed E-state index contributed by atoms with van der Waals surface area (Å²) in [5, 5.41) is 0. The summed E-state index contributed by atoms with van der Waals surface area (Å²) in [5.41, 5.74) is 0. The molecular weight excluding hydrogens is 290 g/mol. The second-order valence-electron chi connectivity index (χ2n) is 6.30. The Morgan fingerprint density at radius 2 is 2.14 bits per heavy atom. The fourth-order valence-corrected chi connectivity index (χ4v) is 3.49. The van der Waals surface area contributed by atoms with Crippen LogP contribution in [0.1, 0.15) is 33.1 Å². The number of halogens is 1. The molecule has 3 atom stereocenters. The molecule has 120 valence electrons. The fraction of sp³-hybridized carbons (Fsp3) is 0.812. The minimum Gasteiger partial charge on any atom is -0.348 e. The predicted molar refractivity (Wildman–Crippen MR) is 83.2 cm³/mol. The highest BCUT2D eigenvalue weighted by atomic mass is 35.5. The Balaban J connectivity index is 2.10. The lowest BCUT2D eigenvalue weighted by Gasteiger charge is -2.31. The van der Waals surface area contributed by atoms with E-state index in [0.29, 0.717) is 18.9 Å². The highest BCUT2D eigenvalue weighted by Gasteiger charge is 2.42. The maximum absolute atomic E-state index is 12.8. The average Bonchev–Trinajstić information content (AvgIpc) is 3.07. The lowest BCUT2D eigenvalue weighted by molar-refractivity contribution is -0.150. The van der Waals surface area contributed by atoms with Gasteiger partial charge in [0.15, 0.2) is 5.79 Å². The van der Waals surface area contributed by atoms with Gasteiger partial charge in [0.2, 0.25) is 5.91 Å². The van der Waals surface area contributed by atoms with E-state index in [9.17, 15) is 4.79 Å². The van der Waals surface area contributed by atoms with Crippen molar-refractivity contribution in [1.82, 2.24) is 4.90 Å². The van der Waals surface area contributed by atoms with Crippen molar-refractivity contribution in [1.29, 1.82) is 0 Å². The van der Waals surface area contributed by atoms with E-state index in [0.717, 1.165) is 25.9 Å². The molecule has 0 aromatic rings. The van der Waals surface area contributed by atoms with Crippen molar-refractivity contribution in [3.05, 3.63) is 12.7 Å². The van der Waals surface area contributed by atoms with Crippen molar-refractivity contribution in [2.75, 3.05) is 25.6 Å². The van der Waals surface area contributed by atoms with Gasteiger partial charge in [-0.1, -0.05) is 6.08 Å². The van der Waals surface area contributed by atoms with Crippen LogP contribution in [0.2, 0.25) is 0 Å². The summed E-state index contributed by atoms with van der Waals surface area (Å²) in [6.45, 7) is 9.91. The lowest BCUT2D eigenvalue weighted by Crippen LogP contribution is -2.41. The van der Waals surface area contributed by atoms with Crippen molar-refractivity contribution in [2.24, 2.45) is 11.8 Å². The molecule has 4 nitrogen and oxygen atoms in total. The number of alkyl halides is 1. The molecule has 2 heterocycles. The van der Waals surface area contributed by atoms with Crippen LogP contribution in [-0.2, 0) is 14.3 Å². The Hall–Kier alpha value is -0.580. The first kappa shape index (κ1) is 16.8. The molecule has 0 bridgehead atoms. The van der Waals surface area contributed by atoms with E-state index in [1.165, 1.54) is 0 Å². The lowest BCUT2D eigenvalue weighted by atomic mass is 9.84. The maximum atomic E-state index is 12.8. The molecule has 1 amide bonds. The highest BCUT2D eigenvalue weighted by molar-refractivity contribution is 6.18. The molecule has 0 unspecified atom stereocenters. The van der Waals surface area contributed by atoms with Crippen LogP contribution in [0.4, 0.5) is 0 Å². The number of amides is 1. The van der Waals surface area contributed by atoms with Gasteiger partial charge in [0.05, 0.1) is 12.7 Å². The van der Waals surface area contributed by atoms with Crippen LogP contribution < -0.4 is 0 Å². The van der Waals surface area contributed by atoms with Gasteiger partial charge in [-0.2, -0.15) is 0 Å². The first-order valence-corrected chi connectivity index (χ1v) is 8.31. The molecular formula is C16H26ClNO3. The van der Waals surface area contributed by atoms with E-state index in [-0.39, 0.29) is 23.8 Å². The van der Waals surface area contributed by atoms with Gasteiger partial charge in [-0.05, 0) is 33.1 Å². The zero-order valence-electron chi connectivity index (χ0n) is 13.0. The number of likely N-dealkylation sites (tertiary alicyclic amines) is 1. The second kappa shape index (κ2) is 7.12. The van der Waals surface area contributed by atoms with Crippen LogP contribution in [0.15, 0.2) is 12.7 Å². The third-order valence-electron chi connectivity index (χ3n) is 4.35. The van der Waals surface area contributed by atoms with Gasteiger partial charge in [0, 0.05) is 30.8 Å². The summed E-state index contributed by atoms with van der Waals surface area (Å²) in [6.07, 6.45) is 4.54. The Morgan fingerprint density at radius 1 is 1.48 bits per heavy atom. The number of hydrogen-bond acceptors (Lipinski definition) is 3. The SMILES string of the molecule is C=C[C@H]([C@H](CCCl)C(=O)N1CCCC1)[C@H]1COC(C)(C)O1. The zero-order chi connectivity index (χ0) is 15.5. The minimum atomic E-state index is -0.589. The van der Waals surface area contributed by atoms with Gasteiger partial charge in [-0.3, -0.25) is 4.79 Å². The molecule has 0 aromatic carbocycles. The number of nitrogens with zero attached hydrogens (tertiary/aromatic N) is 1. The molecule has 0 aliphatic carbocycles. The third-order valence-corrected chi connectivity index (χ3v) is 4.57. The van der Waals surface area contributed by atoms with E-state index < -0.39 is 5.79 Å². The topological polar surface area (TPSA) is 38.8 Å². The van der Waals surface area contributed by atoms with Crippen molar-refractivity contribution in [3.8, 4) is 0 Å². The zero-order valence-corrected chi connectivity index (χ0v) is 13.8. The van der Waals surface area contributed by atoms with Crippen LogP contribution in [0.3, 0.4) is 0 Å². The number of carbonyl (C=O) groups excluding carboxylic acids is 1. The largest absolute Gasteiger partial charge is 0.348 e. The Bertz CT molecular complexity index is 380. The van der Waals surface area contributed by atoms with E-state index in [1.54, 1.807) is 0 Å². The first-order chi connectivity index (χ1) is 9.98. The van der Waals surface area contributed by atoms with Crippen molar-refractivity contribution < 1.29 is 14.3 Å². The Kier molecular flexibility index (Phi) is 5.69. The molecule has 21 heavy (non-hydrogen) atoms. The van der Waals surface area contributed by atoms with Crippen LogP contribution >= 0.6 is 11.6 Å². The molecule has 0 radical (unpaired) electrons. The average molecular weight is 316 g/mol. The van der Waals surface area contributed by atoms with Crippen molar-refractivity contribution >= 4 is 17.5 Å². The fourth-order valence-electron chi connectivity index (χ4n) is 3.25. The third kappa shape index (κ3) is 3.99. The van der Waals surface area contributed by atoms with Gasteiger partial charge in [-0.25, -0.2) is 0 Å². The normalized spacial score (nSPS) is 27.6. The first-order valence-electron chi connectivity index (χ1n) is 7.77. The molecule has 0 saturated carbocycles. The van der Waals surface area contributed by atoms with Crippen LogP contribution in [0.5, 0.6) is 0 Å². The smallest absolute Gasteiger partial charge is 0.226 e. The summed E-state index contributed by atoms with van der Waals surface area (Å²) in [7, 11) is 0. The van der Waals surface area contributed by atoms with Crippen LogP contribution in [-0.4, -0.2) is 48.3 Å². The molecule has 2 aliphatic rings. The van der Waals surface area contributed by atoms with Crippen molar-refractivity contribution in [2.45, 2.75) is 45.0 Å². The van der Waals surface area contributed by atoms with Gasteiger partial charge in [0.25, 0.3) is 0 Å². The van der Waals surface area contributed by atoms with E-state index in [4.69, 9.17) is 21.1 Å².